The SMILES string of the molecule is CC(C)(C)c1cc(-c2nccc3c2ncn3COCCS(C)(C)C)cc2ccccc12. The Balaban J connectivity index is 1.72. The quantitative estimate of drug-likeness (QED) is 0.338. The second-order valence-corrected chi connectivity index (χ2v) is 14.7. The molecular weight excluding hydrogens is 402 g/mol. The highest BCUT2D eigenvalue weighted by Crippen LogP contribution is 2.36. The maximum absolute atomic E-state index is 5.95. The van der Waals surface area contributed by atoms with E-state index in [1.165, 1.54) is 16.3 Å². The van der Waals surface area contributed by atoms with Gasteiger partial charge in [-0.15, -0.1) is 0 Å². The number of rotatable bonds is 6. The van der Waals surface area contributed by atoms with Crippen molar-refractivity contribution in [1.29, 1.82) is 0 Å². The standard InChI is InChI=1S/C26H33N3OS/c1-26(2,3)22-16-20(15-19-9-7-8-10-21(19)22)24-25-23(11-12-27-24)29(17-28-25)18-30-13-14-31(4,5)6/h7-12,15-17H,13-14,18H2,1-6H3. The van der Waals surface area contributed by atoms with Gasteiger partial charge in [-0.1, -0.05) is 45.0 Å². The Bertz CT molecular complexity index is 1210. The molecule has 0 N–H and O–H groups in total. The zero-order chi connectivity index (χ0) is 22.2. The lowest BCUT2D eigenvalue weighted by Crippen LogP contribution is -2.12. The molecule has 4 aromatic rings. The van der Waals surface area contributed by atoms with Gasteiger partial charge >= 0.3 is 0 Å². The fourth-order valence-electron chi connectivity index (χ4n) is 3.85. The molecule has 0 aliphatic carbocycles. The van der Waals surface area contributed by atoms with Crippen LogP contribution in [0.2, 0.25) is 0 Å². The van der Waals surface area contributed by atoms with Gasteiger partial charge in [-0.25, -0.2) is 15.0 Å². The summed E-state index contributed by atoms with van der Waals surface area (Å²) < 4.78 is 8.03. The van der Waals surface area contributed by atoms with E-state index in [1.54, 1.807) is 0 Å². The summed E-state index contributed by atoms with van der Waals surface area (Å²) in [4.78, 5) is 9.46. The highest BCUT2D eigenvalue weighted by atomic mass is 32.3. The number of benzene rings is 2. The summed E-state index contributed by atoms with van der Waals surface area (Å²) >= 11 is 0. The first-order chi connectivity index (χ1) is 14.6. The maximum Gasteiger partial charge on any atom is 0.124 e. The first-order valence-corrected chi connectivity index (χ1v) is 13.7. The van der Waals surface area contributed by atoms with E-state index in [2.05, 4.69) is 80.5 Å². The van der Waals surface area contributed by atoms with Gasteiger partial charge in [0.25, 0.3) is 0 Å². The van der Waals surface area contributed by atoms with Crippen LogP contribution >= 0.6 is 10.0 Å². The largest absolute Gasteiger partial charge is 0.360 e. The molecule has 31 heavy (non-hydrogen) atoms. The molecule has 4 nitrogen and oxygen atoms in total. The average Bonchev–Trinajstić information content (AvgIpc) is 3.12. The van der Waals surface area contributed by atoms with E-state index in [1.807, 2.05) is 18.6 Å². The van der Waals surface area contributed by atoms with Gasteiger partial charge in [-0.05, 0) is 58.7 Å². The molecule has 0 saturated carbocycles. The monoisotopic (exact) mass is 435 g/mol. The van der Waals surface area contributed by atoms with Crippen molar-refractivity contribution in [3.05, 3.63) is 60.6 Å². The average molecular weight is 436 g/mol. The van der Waals surface area contributed by atoms with Crippen LogP contribution in [-0.4, -0.2) is 45.7 Å². The summed E-state index contributed by atoms with van der Waals surface area (Å²) in [5.41, 5.74) is 5.36. The summed E-state index contributed by atoms with van der Waals surface area (Å²) in [5.74, 6) is 1.11. The van der Waals surface area contributed by atoms with Crippen molar-refractivity contribution >= 4 is 31.8 Å². The maximum atomic E-state index is 5.95. The van der Waals surface area contributed by atoms with Crippen LogP contribution in [0, 0.1) is 0 Å². The molecule has 2 aromatic carbocycles. The lowest BCUT2D eigenvalue weighted by Gasteiger charge is -2.24. The van der Waals surface area contributed by atoms with Crippen LogP contribution in [0.3, 0.4) is 0 Å². The lowest BCUT2D eigenvalue weighted by atomic mass is 9.82. The third-order valence-electron chi connectivity index (χ3n) is 5.55. The van der Waals surface area contributed by atoms with Crippen LogP contribution in [0.5, 0.6) is 0 Å². The van der Waals surface area contributed by atoms with Crippen LogP contribution in [0.4, 0.5) is 0 Å². The van der Waals surface area contributed by atoms with Gasteiger partial charge in [0.2, 0.25) is 0 Å². The van der Waals surface area contributed by atoms with E-state index in [0.717, 1.165) is 34.7 Å². The molecular formula is C26H33N3OS. The van der Waals surface area contributed by atoms with Crippen molar-refractivity contribution in [2.45, 2.75) is 32.9 Å². The summed E-state index contributed by atoms with van der Waals surface area (Å²) in [6, 6.07) is 15.1. The molecule has 4 rings (SSSR count). The second-order valence-electron chi connectivity index (χ2n) is 10.1. The normalized spacial score (nSPS) is 13.2. The molecule has 0 unspecified atom stereocenters. The molecule has 0 saturated heterocycles. The molecule has 0 aliphatic heterocycles. The number of hydrogen-bond donors (Lipinski definition) is 0. The summed E-state index contributed by atoms with van der Waals surface area (Å²) in [7, 11) is -0.545. The van der Waals surface area contributed by atoms with E-state index in [0.29, 0.717) is 6.73 Å². The molecule has 0 spiro atoms. The lowest BCUT2D eigenvalue weighted by molar-refractivity contribution is 0.0923. The van der Waals surface area contributed by atoms with Gasteiger partial charge in [-0.2, -0.15) is 0 Å². The van der Waals surface area contributed by atoms with Crippen molar-refractivity contribution < 1.29 is 4.74 Å². The van der Waals surface area contributed by atoms with E-state index < -0.39 is 10.0 Å². The second kappa shape index (κ2) is 8.29. The fraction of sp³-hybridized carbons (Fsp3) is 0.385. The molecule has 0 bridgehead atoms. The third-order valence-corrected chi connectivity index (χ3v) is 6.94. The Kier molecular flexibility index (Phi) is 5.84. The predicted molar refractivity (Wildman–Crippen MR) is 135 cm³/mol. The number of pyridine rings is 1. The first-order valence-electron chi connectivity index (χ1n) is 10.7. The molecule has 5 heteroatoms. The number of fused-ring (bicyclic) bond motifs is 2. The van der Waals surface area contributed by atoms with Crippen LogP contribution in [0.15, 0.2) is 55.0 Å². The Morgan fingerprint density at radius 3 is 2.52 bits per heavy atom. The summed E-state index contributed by atoms with van der Waals surface area (Å²) in [6.45, 7) is 8.07. The Labute approximate surface area is 187 Å². The van der Waals surface area contributed by atoms with Crippen molar-refractivity contribution in [3.8, 4) is 11.3 Å². The molecule has 0 amide bonds. The predicted octanol–water partition coefficient (Wildman–Crippen LogP) is 6.22. The van der Waals surface area contributed by atoms with Crippen LogP contribution in [0.25, 0.3) is 33.1 Å². The number of imidazole rings is 1. The molecule has 0 atom stereocenters. The molecule has 2 heterocycles. The topological polar surface area (TPSA) is 39.9 Å². The van der Waals surface area contributed by atoms with E-state index in [4.69, 9.17) is 14.7 Å². The highest BCUT2D eigenvalue weighted by molar-refractivity contribution is 8.32. The van der Waals surface area contributed by atoms with Crippen LogP contribution in [0.1, 0.15) is 26.3 Å². The van der Waals surface area contributed by atoms with Gasteiger partial charge in [0.15, 0.2) is 0 Å². The molecule has 2 aromatic heterocycles. The van der Waals surface area contributed by atoms with E-state index in [9.17, 15) is 0 Å². The van der Waals surface area contributed by atoms with Crippen molar-refractivity contribution in [1.82, 2.24) is 14.5 Å². The smallest absolute Gasteiger partial charge is 0.124 e. The molecule has 0 aliphatic rings. The van der Waals surface area contributed by atoms with Crippen LogP contribution in [-0.2, 0) is 16.9 Å². The van der Waals surface area contributed by atoms with Gasteiger partial charge in [0.1, 0.15) is 12.2 Å². The summed E-state index contributed by atoms with van der Waals surface area (Å²) in [5, 5.41) is 2.53. The molecule has 0 radical (unpaired) electrons. The Hall–Kier alpha value is -2.37. The molecule has 0 fully saturated rings. The van der Waals surface area contributed by atoms with Gasteiger partial charge in [-0.3, -0.25) is 4.98 Å². The highest BCUT2D eigenvalue weighted by Gasteiger charge is 2.20. The van der Waals surface area contributed by atoms with Crippen LogP contribution < -0.4 is 0 Å². The number of ether oxygens (including phenoxy) is 1. The molecule has 164 valence electrons. The first kappa shape index (κ1) is 21.8. The Morgan fingerprint density at radius 2 is 1.77 bits per heavy atom. The zero-order valence-corrected chi connectivity index (χ0v) is 20.3. The van der Waals surface area contributed by atoms with Crippen molar-refractivity contribution in [2.24, 2.45) is 0 Å². The minimum atomic E-state index is -0.545. The fourth-order valence-corrected chi connectivity index (χ4v) is 4.46. The van der Waals surface area contributed by atoms with Gasteiger partial charge in [0.05, 0.1) is 24.1 Å². The Morgan fingerprint density at radius 1 is 1.00 bits per heavy atom. The number of aromatic nitrogens is 3. The minimum absolute atomic E-state index is 0.0335. The number of nitrogens with zero attached hydrogens (tertiary/aromatic N) is 3. The van der Waals surface area contributed by atoms with E-state index >= 15 is 0 Å². The number of hydrogen-bond acceptors (Lipinski definition) is 3. The van der Waals surface area contributed by atoms with E-state index in [-0.39, 0.29) is 5.41 Å². The summed E-state index contributed by atoms with van der Waals surface area (Å²) in [6.07, 6.45) is 10.7. The van der Waals surface area contributed by atoms with Crippen molar-refractivity contribution in [2.75, 3.05) is 31.1 Å². The zero-order valence-electron chi connectivity index (χ0n) is 19.5. The van der Waals surface area contributed by atoms with Gasteiger partial charge in [0, 0.05) is 17.5 Å². The van der Waals surface area contributed by atoms with Crippen molar-refractivity contribution in [3.63, 3.8) is 0 Å². The minimum Gasteiger partial charge on any atom is -0.360 e. The third kappa shape index (κ3) is 4.78. The van der Waals surface area contributed by atoms with Gasteiger partial charge < -0.3 is 9.30 Å².